The molecule has 3 aromatic rings. The van der Waals surface area contributed by atoms with E-state index in [0.717, 1.165) is 20.9 Å². The Morgan fingerprint density at radius 3 is 2.86 bits per heavy atom. The molecular weight excluding hydrogens is 350 g/mol. The van der Waals surface area contributed by atoms with Gasteiger partial charge < -0.3 is 5.32 Å². The van der Waals surface area contributed by atoms with Gasteiger partial charge in [0.05, 0.1) is 5.69 Å². The molecule has 2 aromatic heterocycles. The lowest BCUT2D eigenvalue weighted by Crippen LogP contribution is -2.12. The monoisotopic (exact) mass is 359 g/mol. The van der Waals surface area contributed by atoms with Crippen molar-refractivity contribution < 1.29 is 4.79 Å². The lowest BCUT2D eigenvalue weighted by molar-refractivity contribution is 0.102. The standard InChI is InChI=1S/C15H10BrN3OS/c16-10-4-3-5-11(8-10)18-14(20)13-9-21-15(19-13)12-6-1-2-7-17-12/h1-9H,(H,18,20). The summed E-state index contributed by atoms with van der Waals surface area (Å²) in [5.74, 6) is -0.230. The molecule has 3 rings (SSSR count). The summed E-state index contributed by atoms with van der Waals surface area (Å²) in [6.45, 7) is 0. The summed E-state index contributed by atoms with van der Waals surface area (Å²) in [6, 6.07) is 13.0. The van der Waals surface area contributed by atoms with Crippen LogP contribution in [0.1, 0.15) is 10.5 Å². The molecule has 21 heavy (non-hydrogen) atoms. The van der Waals surface area contributed by atoms with Crippen molar-refractivity contribution in [3.05, 3.63) is 64.2 Å². The molecule has 2 heterocycles. The first-order chi connectivity index (χ1) is 10.2. The van der Waals surface area contributed by atoms with Gasteiger partial charge in [-0.3, -0.25) is 9.78 Å². The van der Waals surface area contributed by atoms with Gasteiger partial charge in [-0.25, -0.2) is 4.98 Å². The van der Waals surface area contributed by atoms with Crippen LogP contribution in [0, 0.1) is 0 Å². The first-order valence-electron chi connectivity index (χ1n) is 6.16. The number of carbonyl (C=O) groups is 1. The van der Waals surface area contributed by atoms with Crippen LogP contribution in [0.3, 0.4) is 0 Å². The Morgan fingerprint density at radius 1 is 1.19 bits per heavy atom. The highest BCUT2D eigenvalue weighted by molar-refractivity contribution is 9.10. The van der Waals surface area contributed by atoms with Crippen molar-refractivity contribution in [2.75, 3.05) is 5.32 Å². The Labute approximate surface area is 134 Å². The molecule has 0 atom stereocenters. The maximum absolute atomic E-state index is 12.2. The predicted molar refractivity (Wildman–Crippen MR) is 87.4 cm³/mol. The minimum Gasteiger partial charge on any atom is -0.321 e. The summed E-state index contributed by atoms with van der Waals surface area (Å²) in [7, 11) is 0. The maximum atomic E-state index is 12.2. The summed E-state index contributed by atoms with van der Waals surface area (Å²) < 4.78 is 0.910. The molecule has 0 saturated carbocycles. The molecule has 1 N–H and O–H groups in total. The van der Waals surface area contributed by atoms with Gasteiger partial charge in [0.2, 0.25) is 0 Å². The van der Waals surface area contributed by atoms with Crippen molar-refractivity contribution in [2.24, 2.45) is 0 Å². The molecule has 0 fully saturated rings. The highest BCUT2D eigenvalue weighted by Gasteiger charge is 2.12. The van der Waals surface area contributed by atoms with Crippen LogP contribution in [0.2, 0.25) is 0 Å². The Morgan fingerprint density at radius 2 is 2.10 bits per heavy atom. The average molecular weight is 360 g/mol. The average Bonchev–Trinajstić information content (AvgIpc) is 2.98. The van der Waals surface area contributed by atoms with Crippen molar-refractivity contribution in [3.63, 3.8) is 0 Å². The molecule has 0 bridgehead atoms. The number of carbonyl (C=O) groups excluding carboxylic acids is 1. The minimum absolute atomic E-state index is 0.230. The Kier molecular flexibility index (Phi) is 4.08. The number of nitrogens with zero attached hydrogens (tertiary/aromatic N) is 2. The fraction of sp³-hybridized carbons (Fsp3) is 0. The number of hydrogen-bond donors (Lipinski definition) is 1. The SMILES string of the molecule is O=C(Nc1cccc(Br)c1)c1csc(-c2ccccn2)n1. The number of pyridine rings is 1. The number of rotatable bonds is 3. The second-order valence-electron chi connectivity index (χ2n) is 4.22. The van der Waals surface area contributed by atoms with E-state index in [1.165, 1.54) is 11.3 Å². The highest BCUT2D eigenvalue weighted by Crippen LogP contribution is 2.22. The summed E-state index contributed by atoms with van der Waals surface area (Å²) >= 11 is 4.77. The molecule has 0 spiro atoms. The van der Waals surface area contributed by atoms with Gasteiger partial charge in [-0.05, 0) is 30.3 Å². The van der Waals surface area contributed by atoms with Gasteiger partial charge in [-0.15, -0.1) is 11.3 Å². The van der Waals surface area contributed by atoms with E-state index in [4.69, 9.17) is 0 Å². The summed E-state index contributed by atoms with van der Waals surface area (Å²) in [5.41, 5.74) is 1.88. The number of amides is 1. The molecular formula is C15H10BrN3OS. The molecule has 0 aliphatic carbocycles. The number of anilines is 1. The topological polar surface area (TPSA) is 54.9 Å². The van der Waals surface area contributed by atoms with Crippen molar-refractivity contribution >= 4 is 38.9 Å². The third-order valence-corrected chi connectivity index (χ3v) is 4.06. The second kappa shape index (κ2) is 6.15. The van der Waals surface area contributed by atoms with Crippen LogP contribution >= 0.6 is 27.3 Å². The van der Waals surface area contributed by atoms with E-state index < -0.39 is 0 Å². The van der Waals surface area contributed by atoms with Crippen LogP contribution in [0.25, 0.3) is 10.7 Å². The normalized spacial score (nSPS) is 10.3. The van der Waals surface area contributed by atoms with Gasteiger partial charge in [0.1, 0.15) is 10.7 Å². The molecule has 0 aliphatic rings. The number of aromatic nitrogens is 2. The Balaban J connectivity index is 1.78. The number of thiazole rings is 1. The van der Waals surface area contributed by atoms with Gasteiger partial charge in [0, 0.05) is 21.7 Å². The molecule has 0 unspecified atom stereocenters. The van der Waals surface area contributed by atoms with Crippen molar-refractivity contribution in [1.82, 2.24) is 9.97 Å². The highest BCUT2D eigenvalue weighted by atomic mass is 79.9. The molecule has 0 saturated heterocycles. The third kappa shape index (κ3) is 3.34. The zero-order valence-electron chi connectivity index (χ0n) is 10.8. The molecule has 104 valence electrons. The van der Waals surface area contributed by atoms with E-state index in [1.54, 1.807) is 11.6 Å². The van der Waals surface area contributed by atoms with E-state index in [0.29, 0.717) is 5.69 Å². The van der Waals surface area contributed by atoms with Crippen LogP contribution in [-0.2, 0) is 0 Å². The Bertz CT molecular complexity index is 773. The first-order valence-corrected chi connectivity index (χ1v) is 7.83. The van der Waals surface area contributed by atoms with E-state index in [-0.39, 0.29) is 5.91 Å². The van der Waals surface area contributed by atoms with Crippen LogP contribution in [0.15, 0.2) is 58.5 Å². The van der Waals surface area contributed by atoms with Crippen molar-refractivity contribution in [2.45, 2.75) is 0 Å². The molecule has 1 amide bonds. The van der Waals surface area contributed by atoms with Crippen molar-refractivity contribution in [3.8, 4) is 10.7 Å². The number of hydrogen-bond acceptors (Lipinski definition) is 4. The predicted octanol–water partition coefficient (Wildman–Crippen LogP) is 4.22. The molecule has 6 heteroatoms. The molecule has 0 radical (unpaired) electrons. The fourth-order valence-corrected chi connectivity index (χ4v) is 2.92. The number of benzene rings is 1. The quantitative estimate of drug-likeness (QED) is 0.761. The van der Waals surface area contributed by atoms with Gasteiger partial charge in [0.15, 0.2) is 0 Å². The third-order valence-electron chi connectivity index (χ3n) is 2.70. The second-order valence-corrected chi connectivity index (χ2v) is 5.99. The van der Waals surface area contributed by atoms with Crippen LogP contribution in [0.5, 0.6) is 0 Å². The number of halogens is 1. The van der Waals surface area contributed by atoms with E-state index in [2.05, 4.69) is 31.2 Å². The van der Waals surface area contributed by atoms with Gasteiger partial charge in [-0.1, -0.05) is 28.1 Å². The zero-order chi connectivity index (χ0) is 14.7. The largest absolute Gasteiger partial charge is 0.321 e. The van der Waals surface area contributed by atoms with Crippen molar-refractivity contribution in [1.29, 1.82) is 0 Å². The number of nitrogens with one attached hydrogen (secondary N) is 1. The minimum atomic E-state index is -0.230. The maximum Gasteiger partial charge on any atom is 0.275 e. The van der Waals surface area contributed by atoms with E-state index in [9.17, 15) is 4.79 Å². The lowest BCUT2D eigenvalue weighted by atomic mass is 10.3. The summed E-state index contributed by atoms with van der Waals surface area (Å²) in [6.07, 6.45) is 1.71. The Hall–Kier alpha value is -2.05. The molecule has 1 aromatic carbocycles. The van der Waals surface area contributed by atoms with Gasteiger partial charge >= 0.3 is 0 Å². The summed E-state index contributed by atoms with van der Waals surface area (Å²) in [4.78, 5) is 20.7. The molecule has 4 nitrogen and oxygen atoms in total. The molecule has 0 aliphatic heterocycles. The lowest BCUT2D eigenvalue weighted by Gasteiger charge is -2.03. The fourth-order valence-electron chi connectivity index (χ4n) is 1.75. The van der Waals surface area contributed by atoms with Crippen LogP contribution in [-0.4, -0.2) is 15.9 Å². The van der Waals surface area contributed by atoms with Crippen LogP contribution < -0.4 is 5.32 Å². The zero-order valence-corrected chi connectivity index (χ0v) is 13.2. The van der Waals surface area contributed by atoms with E-state index >= 15 is 0 Å². The summed E-state index contributed by atoms with van der Waals surface area (Å²) in [5, 5.41) is 5.28. The van der Waals surface area contributed by atoms with Gasteiger partial charge in [0.25, 0.3) is 5.91 Å². The van der Waals surface area contributed by atoms with Crippen LogP contribution in [0.4, 0.5) is 5.69 Å². The van der Waals surface area contributed by atoms with Gasteiger partial charge in [-0.2, -0.15) is 0 Å². The smallest absolute Gasteiger partial charge is 0.275 e. The first kappa shape index (κ1) is 13.9. The van der Waals surface area contributed by atoms with E-state index in [1.807, 2.05) is 42.5 Å².